The molecule has 0 aromatic carbocycles. The first-order valence-corrected chi connectivity index (χ1v) is 9.44. The lowest BCUT2D eigenvalue weighted by atomic mass is 10.3. The van der Waals surface area contributed by atoms with E-state index >= 15 is 0 Å². The van der Waals surface area contributed by atoms with Crippen LogP contribution < -0.4 is 5.73 Å². The molecule has 13 nitrogen and oxygen atoms in total. The molecular formula is C5H14N3O10P3. The number of hydrogen-bond acceptors (Lipinski definition) is 7. The Morgan fingerprint density at radius 1 is 1.10 bits per heavy atom. The molecule has 0 amide bonds. The number of nitrogens with one attached hydrogen (secondary N) is 1. The Morgan fingerprint density at radius 2 is 1.57 bits per heavy atom. The van der Waals surface area contributed by atoms with Crippen molar-refractivity contribution in [2.45, 2.75) is 6.42 Å². The molecule has 1 aromatic heterocycles. The third kappa shape index (κ3) is 13.0. The summed E-state index contributed by atoms with van der Waals surface area (Å²) in [7, 11) is -16.2. The molecule has 0 bridgehead atoms. The van der Waals surface area contributed by atoms with E-state index in [4.69, 9.17) is 30.2 Å². The molecule has 0 aliphatic carbocycles. The fourth-order valence-electron chi connectivity index (χ4n) is 0.859. The van der Waals surface area contributed by atoms with Crippen LogP contribution in [0.1, 0.15) is 5.69 Å². The first kappa shape index (κ1) is 20.6. The summed E-state index contributed by atoms with van der Waals surface area (Å²) in [6.45, 7) is 0.671. The lowest BCUT2D eigenvalue weighted by molar-refractivity contribution is 0.204. The van der Waals surface area contributed by atoms with Crippen LogP contribution in [0, 0.1) is 0 Å². The maximum absolute atomic E-state index is 10.4. The molecule has 0 saturated heterocycles. The summed E-state index contributed by atoms with van der Waals surface area (Å²) in [5, 5.41) is 0. The molecule has 0 unspecified atom stereocenters. The van der Waals surface area contributed by atoms with Gasteiger partial charge in [0, 0.05) is 12.6 Å². The van der Waals surface area contributed by atoms with Crippen molar-refractivity contribution in [3.63, 3.8) is 0 Å². The minimum atomic E-state index is -5.46. The van der Waals surface area contributed by atoms with E-state index in [1.165, 1.54) is 0 Å². The molecule has 0 aliphatic rings. The van der Waals surface area contributed by atoms with Crippen molar-refractivity contribution in [1.82, 2.24) is 9.97 Å². The van der Waals surface area contributed by atoms with Crippen LogP contribution in [-0.4, -0.2) is 41.0 Å². The highest BCUT2D eigenvalue weighted by Crippen LogP contribution is 2.64. The number of nitrogens with two attached hydrogens (primary N) is 1. The molecule has 1 aromatic rings. The maximum Gasteiger partial charge on any atom is 0.490 e. The molecule has 0 atom stereocenters. The first-order chi connectivity index (χ1) is 9.35. The largest absolute Gasteiger partial charge is 0.490 e. The van der Waals surface area contributed by atoms with Gasteiger partial charge in [-0.25, -0.2) is 18.7 Å². The van der Waals surface area contributed by atoms with Crippen molar-refractivity contribution in [1.29, 1.82) is 0 Å². The van der Waals surface area contributed by atoms with Gasteiger partial charge in [0.2, 0.25) is 0 Å². The van der Waals surface area contributed by atoms with Gasteiger partial charge in [-0.3, -0.25) is 0 Å². The number of imidazole rings is 1. The molecule has 0 aliphatic heterocycles. The third-order valence-electron chi connectivity index (χ3n) is 1.37. The van der Waals surface area contributed by atoms with Gasteiger partial charge in [-0.05, 0) is 6.54 Å². The van der Waals surface area contributed by atoms with E-state index in [9.17, 15) is 13.7 Å². The Balaban J connectivity index is 0.000000423. The fraction of sp³-hybridized carbons (Fsp3) is 0.400. The monoisotopic (exact) mass is 369 g/mol. The van der Waals surface area contributed by atoms with Gasteiger partial charge in [-0.1, -0.05) is 0 Å². The van der Waals surface area contributed by atoms with Gasteiger partial charge < -0.3 is 35.2 Å². The highest BCUT2D eigenvalue weighted by molar-refractivity contribution is 7.66. The SMILES string of the molecule is NCCc1c[nH]cn1.O=P(O)(O)OP(=O)(O)OP(=O)(O)O. The van der Waals surface area contributed by atoms with Crippen LogP contribution in [0.2, 0.25) is 0 Å². The van der Waals surface area contributed by atoms with Gasteiger partial charge in [-0.2, -0.15) is 8.62 Å². The van der Waals surface area contributed by atoms with E-state index in [-0.39, 0.29) is 0 Å². The summed E-state index contributed by atoms with van der Waals surface area (Å²) in [4.78, 5) is 47.0. The number of hydrogen-bond donors (Lipinski definition) is 7. The second-order valence-corrected chi connectivity index (χ2v) is 7.42. The number of phosphoric acid groups is 3. The van der Waals surface area contributed by atoms with Crippen molar-refractivity contribution in [3.8, 4) is 0 Å². The molecule has 0 saturated carbocycles. The molecule has 8 N–H and O–H groups in total. The minimum absolute atomic E-state index is 0.671. The lowest BCUT2D eigenvalue weighted by Gasteiger charge is -2.11. The van der Waals surface area contributed by atoms with Crippen molar-refractivity contribution in [2.75, 3.05) is 6.54 Å². The molecule has 1 heterocycles. The molecule has 1 rings (SSSR count). The van der Waals surface area contributed by atoms with E-state index < -0.39 is 23.5 Å². The smallest absolute Gasteiger partial charge is 0.351 e. The molecule has 0 fully saturated rings. The molecule has 124 valence electrons. The van der Waals surface area contributed by atoms with Crippen LogP contribution >= 0.6 is 23.5 Å². The highest BCUT2D eigenvalue weighted by atomic mass is 31.3. The number of rotatable bonds is 6. The van der Waals surface area contributed by atoms with E-state index in [1.54, 1.807) is 6.33 Å². The van der Waals surface area contributed by atoms with E-state index in [1.807, 2.05) is 6.20 Å². The summed E-state index contributed by atoms with van der Waals surface area (Å²) in [6.07, 6.45) is 4.38. The molecule has 0 spiro atoms. The predicted octanol–water partition coefficient (Wildman–Crippen LogP) is -0.784. The molecule has 16 heteroatoms. The van der Waals surface area contributed by atoms with Crippen molar-refractivity contribution < 1.29 is 46.8 Å². The fourth-order valence-corrected chi connectivity index (χ4v) is 3.40. The van der Waals surface area contributed by atoms with Crippen LogP contribution in [0.5, 0.6) is 0 Å². The van der Waals surface area contributed by atoms with Gasteiger partial charge in [0.05, 0.1) is 12.0 Å². The topological polar surface area (TPSA) is 226 Å². The number of aromatic amines is 1. The zero-order valence-corrected chi connectivity index (χ0v) is 12.9. The van der Waals surface area contributed by atoms with Crippen LogP contribution in [0.3, 0.4) is 0 Å². The van der Waals surface area contributed by atoms with Crippen molar-refractivity contribution >= 4 is 23.5 Å². The van der Waals surface area contributed by atoms with Crippen molar-refractivity contribution in [2.24, 2.45) is 5.73 Å². The number of nitrogens with zero attached hydrogens (tertiary/aromatic N) is 1. The lowest BCUT2D eigenvalue weighted by Crippen LogP contribution is -2.02. The van der Waals surface area contributed by atoms with Crippen LogP contribution in [0.15, 0.2) is 12.5 Å². The molecule has 0 radical (unpaired) electrons. The summed E-state index contributed by atoms with van der Waals surface area (Å²) < 4.78 is 36.4. The quantitative estimate of drug-likeness (QED) is 0.306. The Labute approximate surface area is 118 Å². The van der Waals surface area contributed by atoms with Crippen LogP contribution in [-0.2, 0) is 28.7 Å². The summed E-state index contributed by atoms with van der Waals surface area (Å²) >= 11 is 0. The van der Waals surface area contributed by atoms with E-state index in [2.05, 4.69) is 18.6 Å². The molecular weight excluding hydrogens is 355 g/mol. The minimum Gasteiger partial charge on any atom is -0.351 e. The van der Waals surface area contributed by atoms with Gasteiger partial charge >= 0.3 is 23.5 Å². The summed E-state index contributed by atoms with van der Waals surface area (Å²) in [5.74, 6) is 0. The van der Waals surface area contributed by atoms with Gasteiger partial charge in [0.1, 0.15) is 0 Å². The third-order valence-corrected chi connectivity index (χ3v) is 4.73. The summed E-state index contributed by atoms with van der Waals surface area (Å²) in [5.41, 5.74) is 6.30. The Kier molecular flexibility index (Phi) is 8.11. The highest BCUT2D eigenvalue weighted by Gasteiger charge is 2.38. The molecule has 21 heavy (non-hydrogen) atoms. The second-order valence-electron chi connectivity index (χ2n) is 3.21. The Bertz CT molecular complexity index is 520. The Morgan fingerprint density at radius 3 is 1.86 bits per heavy atom. The van der Waals surface area contributed by atoms with Gasteiger partial charge in [0.25, 0.3) is 0 Å². The zero-order chi connectivity index (χ0) is 16.7. The van der Waals surface area contributed by atoms with Gasteiger partial charge in [0.15, 0.2) is 0 Å². The average Bonchev–Trinajstić information content (AvgIpc) is 2.63. The number of H-pyrrole nitrogens is 1. The van der Waals surface area contributed by atoms with Crippen LogP contribution in [0.25, 0.3) is 0 Å². The normalized spacial score (nSPS) is 12.7. The first-order valence-electron chi connectivity index (χ1n) is 4.89. The van der Waals surface area contributed by atoms with E-state index in [0.717, 1.165) is 12.1 Å². The zero-order valence-electron chi connectivity index (χ0n) is 10.2. The predicted molar refractivity (Wildman–Crippen MR) is 67.4 cm³/mol. The van der Waals surface area contributed by atoms with Crippen molar-refractivity contribution in [3.05, 3.63) is 18.2 Å². The second kappa shape index (κ2) is 8.28. The van der Waals surface area contributed by atoms with E-state index in [0.29, 0.717) is 6.54 Å². The summed E-state index contributed by atoms with van der Waals surface area (Å²) in [6, 6.07) is 0. The average molecular weight is 369 g/mol. The maximum atomic E-state index is 10.4. The van der Waals surface area contributed by atoms with Crippen LogP contribution in [0.4, 0.5) is 0 Å². The Hall–Kier alpha value is -0.420. The number of aromatic nitrogens is 2. The van der Waals surface area contributed by atoms with Gasteiger partial charge in [-0.15, -0.1) is 0 Å². The standard InChI is InChI=1S/C5H9N3.H5O10P3/c6-2-1-5-3-7-4-8-5;1-11(2,3)9-13(7,8)10-12(4,5)6/h3-4H,1-2,6H2,(H,7,8);(H,7,8)(H2,1,2,3)(H2,4,5,6).